The van der Waals surface area contributed by atoms with Crippen molar-refractivity contribution >= 4 is 18.0 Å². The number of aliphatic hydroxyl groups is 1. The van der Waals surface area contributed by atoms with Crippen LogP contribution in [-0.4, -0.2) is 52.0 Å². The van der Waals surface area contributed by atoms with Crippen LogP contribution < -0.4 is 11.1 Å². The van der Waals surface area contributed by atoms with Crippen molar-refractivity contribution in [2.24, 2.45) is 11.7 Å². The minimum atomic E-state index is -1.35. The molecule has 0 saturated carbocycles. The van der Waals surface area contributed by atoms with E-state index in [0.29, 0.717) is 0 Å². The van der Waals surface area contributed by atoms with E-state index in [4.69, 9.17) is 25.8 Å². The van der Waals surface area contributed by atoms with Gasteiger partial charge in [-0.15, -0.1) is 0 Å². The molecule has 9 heteroatoms. The van der Waals surface area contributed by atoms with Crippen molar-refractivity contribution < 1.29 is 34.4 Å². The number of amides is 1. The predicted molar refractivity (Wildman–Crippen MR) is 88.7 cm³/mol. The number of carboxylic acid groups (broad SMARTS) is 2. The Morgan fingerprint density at radius 1 is 1.12 bits per heavy atom. The van der Waals surface area contributed by atoms with E-state index in [1.54, 1.807) is 38.1 Å². The van der Waals surface area contributed by atoms with Crippen LogP contribution in [0.4, 0.5) is 4.79 Å². The summed E-state index contributed by atoms with van der Waals surface area (Å²) >= 11 is 0. The van der Waals surface area contributed by atoms with E-state index in [-0.39, 0.29) is 12.5 Å². The maximum absolute atomic E-state index is 11.2. The lowest BCUT2D eigenvalue weighted by atomic mass is 10.1. The molecule has 1 aromatic carbocycles. The maximum atomic E-state index is 11.2. The van der Waals surface area contributed by atoms with Gasteiger partial charge in [0.2, 0.25) is 0 Å². The molecule has 0 unspecified atom stereocenters. The molecule has 140 valence electrons. The molecule has 1 aromatic rings. The minimum Gasteiger partial charge on any atom is -0.480 e. The summed E-state index contributed by atoms with van der Waals surface area (Å²) in [7, 11) is 0. The van der Waals surface area contributed by atoms with Gasteiger partial charge in [0, 0.05) is 0 Å². The Bertz CT molecular complexity index is 549. The van der Waals surface area contributed by atoms with E-state index in [2.05, 4.69) is 0 Å². The summed E-state index contributed by atoms with van der Waals surface area (Å²) in [5.41, 5.74) is 5.95. The first kappa shape index (κ1) is 22.4. The lowest BCUT2D eigenvalue weighted by Crippen LogP contribution is -2.43. The van der Waals surface area contributed by atoms with E-state index in [1.807, 2.05) is 11.4 Å². The van der Waals surface area contributed by atoms with Crippen LogP contribution in [0.25, 0.3) is 0 Å². The molecule has 25 heavy (non-hydrogen) atoms. The normalized spacial score (nSPS) is 12.4. The molecule has 9 nitrogen and oxygen atoms in total. The fourth-order valence-electron chi connectivity index (χ4n) is 1.38. The maximum Gasteiger partial charge on any atom is 0.408 e. The highest BCUT2D eigenvalue weighted by Gasteiger charge is 2.19. The zero-order valence-corrected chi connectivity index (χ0v) is 14.1. The van der Waals surface area contributed by atoms with Crippen molar-refractivity contribution in [1.82, 2.24) is 5.32 Å². The van der Waals surface area contributed by atoms with E-state index < -0.39 is 36.7 Å². The van der Waals surface area contributed by atoms with Gasteiger partial charge >= 0.3 is 18.0 Å². The van der Waals surface area contributed by atoms with Crippen LogP contribution in [0.1, 0.15) is 19.4 Å². The largest absolute Gasteiger partial charge is 0.480 e. The molecule has 0 fully saturated rings. The highest BCUT2D eigenvalue weighted by Crippen LogP contribution is 2.00. The lowest BCUT2D eigenvalue weighted by Gasteiger charge is -2.11. The number of ether oxygens (including phenoxy) is 1. The van der Waals surface area contributed by atoms with Crippen LogP contribution in [0.2, 0.25) is 0 Å². The Labute approximate surface area is 145 Å². The van der Waals surface area contributed by atoms with Crippen molar-refractivity contribution in [2.75, 3.05) is 6.61 Å². The number of aliphatic carboxylic acids is 2. The van der Waals surface area contributed by atoms with Crippen LogP contribution in [0.3, 0.4) is 0 Å². The molecular formula is C16H24N2O7. The standard InChI is InChI=1S/C11H13NO5.C5H11NO2/c13-6-9(10(14)15)12-11(16)17-7-8-4-2-1-3-5-8;1-3(2)4(6)5(7)8/h1-5,9,13H,6-7H2,(H,12,16)(H,14,15);3-4H,6H2,1-2H3,(H,7,8)/t9-;4-/m00/s1. The highest BCUT2D eigenvalue weighted by molar-refractivity contribution is 5.79. The summed E-state index contributed by atoms with van der Waals surface area (Å²) in [6, 6.07) is 6.90. The van der Waals surface area contributed by atoms with Crippen LogP contribution >= 0.6 is 0 Å². The van der Waals surface area contributed by atoms with Crippen LogP contribution in [-0.2, 0) is 20.9 Å². The average molecular weight is 356 g/mol. The fraction of sp³-hybridized carbons (Fsp3) is 0.438. The quantitative estimate of drug-likeness (QED) is 0.470. The van der Waals surface area contributed by atoms with Gasteiger partial charge in [-0.1, -0.05) is 44.2 Å². The molecule has 0 heterocycles. The third kappa shape index (κ3) is 9.95. The van der Waals surface area contributed by atoms with Crippen molar-refractivity contribution in [3.05, 3.63) is 35.9 Å². The minimum absolute atomic E-state index is 0.0208. The van der Waals surface area contributed by atoms with Crippen LogP contribution in [0, 0.1) is 5.92 Å². The number of benzene rings is 1. The predicted octanol–water partition coefficient (Wildman–Crippen LogP) is 0.413. The third-order valence-electron chi connectivity index (χ3n) is 2.99. The number of carbonyl (C=O) groups excluding carboxylic acids is 1. The molecule has 0 aliphatic rings. The van der Waals surface area contributed by atoms with Crippen molar-refractivity contribution in [3.8, 4) is 0 Å². The molecule has 1 rings (SSSR count). The van der Waals surface area contributed by atoms with E-state index in [9.17, 15) is 14.4 Å². The topological polar surface area (TPSA) is 159 Å². The highest BCUT2D eigenvalue weighted by atomic mass is 16.5. The number of hydrogen-bond acceptors (Lipinski definition) is 6. The smallest absolute Gasteiger partial charge is 0.408 e. The molecule has 0 aromatic heterocycles. The molecule has 1 amide bonds. The lowest BCUT2D eigenvalue weighted by molar-refractivity contribution is -0.141. The number of nitrogens with one attached hydrogen (secondary N) is 1. The van der Waals surface area contributed by atoms with Crippen LogP contribution in [0.15, 0.2) is 30.3 Å². The number of carbonyl (C=O) groups is 3. The monoisotopic (exact) mass is 356 g/mol. The zero-order chi connectivity index (χ0) is 19.4. The number of nitrogens with two attached hydrogens (primary N) is 1. The summed E-state index contributed by atoms with van der Waals surface area (Å²) < 4.78 is 4.79. The van der Waals surface area contributed by atoms with Crippen LogP contribution in [0.5, 0.6) is 0 Å². The first-order valence-electron chi connectivity index (χ1n) is 7.48. The van der Waals surface area contributed by atoms with Crippen molar-refractivity contribution in [2.45, 2.75) is 32.5 Å². The van der Waals surface area contributed by atoms with E-state index in [0.717, 1.165) is 5.56 Å². The van der Waals surface area contributed by atoms with E-state index >= 15 is 0 Å². The molecule has 0 bridgehead atoms. The summed E-state index contributed by atoms with van der Waals surface area (Å²) in [6.07, 6.45) is -0.879. The first-order valence-corrected chi connectivity index (χ1v) is 7.48. The van der Waals surface area contributed by atoms with Gasteiger partial charge in [0.15, 0.2) is 6.04 Å². The first-order chi connectivity index (χ1) is 11.7. The molecule has 6 N–H and O–H groups in total. The Morgan fingerprint density at radius 2 is 1.68 bits per heavy atom. The Balaban J connectivity index is 0.000000609. The van der Waals surface area contributed by atoms with Gasteiger partial charge in [-0.25, -0.2) is 9.59 Å². The Hall–Kier alpha value is -2.65. The number of rotatable bonds is 7. The number of hydrogen-bond donors (Lipinski definition) is 5. The van der Waals surface area contributed by atoms with Gasteiger partial charge < -0.3 is 31.1 Å². The molecule has 0 saturated heterocycles. The molecular weight excluding hydrogens is 332 g/mol. The summed E-state index contributed by atoms with van der Waals surface area (Å²) in [6.45, 7) is 2.91. The van der Waals surface area contributed by atoms with Gasteiger partial charge in [0.1, 0.15) is 12.6 Å². The number of alkyl carbamates (subject to hydrolysis) is 1. The third-order valence-corrected chi connectivity index (χ3v) is 2.99. The average Bonchev–Trinajstić information content (AvgIpc) is 2.58. The van der Waals surface area contributed by atoms with Gasteiger partial charge in [0.05, 0.1) is 6.61 Å². The summed E-state index contributed by atoms with van der Waals surface area (Å²) in [4.78, 5) is 31.7. The molecule has 0 spiro atoms. The number of aliphatic hydroxyl groups excluding tert-OH is 1. The molecule has 0 aliphatic carbocycles. The summed E-state index contributed by atoms with van der Waals surface area (Å²) in [5, 5.41) is 27.5. The van der Waals surface area contributed by atoms with Crippen molar-refractivity contribution in [1.29, 1.82) is 0 Å². The summed E-state index contributed by atoms with van der Waals surface area (Å²) in [5.74, 6) is -2.23. The van der Waals surface area contributed by atoms with E-state index in [1.165, 1.54) is 0 Å². The second-order valence-electron chi connectivity index (χ2n) is 5.39. The van der Waals surface area contributed by atoms with Gasteiger partial charge in [-0.3, -0.25) is 4.79 Å². The molecule has 0 aliphatic heterocycles. The second kappa shape index (κ2) is 11.8. The Kier molecular flexibility index (Phi) is 10.6. The molecule has 0 radical (unpaired) electrons. The fourth-order valence-corrected chi connectivity index (χ4v) is 1.38. The second-order valence-corrected chi connectivity index (χ2v) is 5.39. The molecule has 2 atom stereocenters. The van der Waals surface area contributed by atoms with Gasteiger partial charge in [0.25, 0.3) is 0 Å². The van der Waals surface area contributed by atoms with Gasteiger partial charge in [-0.05, 0) is 11.5 Å². The SMILES string of the molecule is CC(C)[C@H](N)C(=O)O.O=C(N[C@@H](CO)C(=O)O)OCc1ccccc1. The van der Waals surface area contributed by atoms with Gasteiger partial charge in [-0.2, -0.15) is 0 Å². The number of carboxylic acids is 2. The zero-order valence-electron chi connectivity index (χ0n) is 14.1. The Morgan fingerprint density at radius 3 is 2.04 bits per heavy atom. The van der Waals surface area contributed by atoms with Crippen molar-refractivity contribution in [3.63, 3.8) is 0 Å².